The fourth-order valence-corrected chi connectivity index (χ4v) is 2.68. The molecule has 1 aromatic carbocycles. The lowest BCUT2D eigenvalue weighted by atomic mass is 10.1. The largest absolute Gasteiger partial charge is 0.233 e. The van der Waals surface area contributed by atoms with Crippen LogP contribution in [-0.2, 0) is 0 Å². The lowest BCUT2D eigenvalue weighted by molar-refractivity contribution is 0.890. The Morgan fingerprint density at radius 1 is 1.25 bits per heavy atom. The predicted octanol–water partition coefficient (Wildman–Crippen LogP) is 3.30. The molecule has 0 amide bonds. The lowest BCUT2D eigenvalue weighted by Crippen LogP contribution is -1.98. The zero-order valence-corrected chi connectivity index (χ0v) is 12.0. The maximum Gasteiger partial charge on any atom is 0.175 e. The van der Waals surface area contributed by atoms with Crippen molar-refractivity contribution in [1.82, 2.24) is 14.6 Å². The van der Waals surface area contributed by atoms with Gasteiger partial charge < -0.3 is 0 Å². The van der Waals surface area contributed by atoms with E-state index >= 15 is 0 Å². The highest BCUT2D eigenvalue weighted by atomic mass is 32.2. The summed E-state index contributed by atoms with van der Waals surface area (Å²) >= 11 is 1.46. The van der Waals surface area contributed by atoms with Crippen LogP contribution in [0.1, 0.15) is 11.3 Å². The van der Waals surface area contributed by atoms with Gasteiger partial charge in [0.05, 0.1) is 5.69 Å². The molecule has 0 N–H and O–H groups in total. The summed E-state index contributed by atoms with van der Waals surface area (Å²) in [5.41, 5.74) is 4.04. The summed E-state index contributed by atoms with van der Waals surface area (Å²) in [4.78, 5) is 4.47. The maximum absolute atomic E-state index is 9.33. The summed E-state index contributed by atoms with van der Waals surface area (Å²) < 4.78 is 1.76. The molecule has 0 saturated carbocycles. The molecule has 0 spiro atoms. The highest BCUT2D eigenvalue weighted by Gasteiger charge is 2.16. The first-order valence-electron chi connectivity index (χ1n) is 6.14. The molecule has 0 aliphatic heterocycles. The second kappa shape index (κ2) is 4.99. The topological polar surface area (TPSA) is 54.0 Å². The Kier molecular flexibility index (Phi) is 3.17. The van der Waals surface area contributed by atoms with Crippen LogP contribution in [0.15, 0.2) is 41.4 Å². The van der Waals surface area contributed by atoms with Gasteiger partial charge >= 0.3 is 0 Å². The molecule has 0 atom stereocenters. The van der Waals surface area contributed by atoms with Crippen molar-refractivity contribution in [3.63, 3.8) is 0 Å². The molecule has 98 valence electrons. The van der Waals surface area contributed by atoms with Gasteiger partial charge in [-0.3, -0.25) is 0 Å². The fraction of sp³-hybridized carbons (Fsp3) is 0.133. The Bertz CT molecular complexity index is 815. The van der Waals surface area contributed by atoms with E-state index in [2.05, 4.69) is 16.2 Å². The highest BCUT2D eigenvalue weighted by molar-refractivity contribution is 7.98. The monoisotopic (exact) mass is 280 g/mol. The molecule has 3 aromatic rings. The summed E-state index contributed by atoms with van der Waals surface area (Å²) in [6.45, 7) is 1.93. The maximum atomic E-state index is 9.33. The number of benzene rings is 1. The highest BCUT2D eigenvalue weighted by Crippen LogP contribution is 2.27. The summed E-state index contributed by atoms with van der Waals surface area (Å²) in [6.07, 6.45) is 1.91. The van der Waals surface area contributed by atoms with Gasteiger partial charge in [-0.25, -0.2) is 9.50 Å². The van der Waals surface area contributed by atoms with Crippen molar-refractivity contribution < 1.29 is 0 Å². The average molecular weight is 280 g/mol. The summed E-state index contributed by atoms with van der Waals surface area (Å²) in [5, 5.41) is 14.6. The minimum absolute atomic E-state index is 0.540. The normalized spacial score (nSPS) is 10.7. The smallest absolute Gasteiger partial charge is 0.175 e. The Morgan fingerprint density at radius 3 is 2.65 bits per heavy atom. The molecule has 5 heteroatoms. The number of nitriles is 1. The van der Waals surface area contributed by atoms with Gasteiger partial charge in [0.15, 0.2) is 5.65 Å². The third-order valence-electron chi connectivity index (χ3n) is 3.06. The first-order chi connectivity index (χ1) is 9.74. The van der Waals surface area contributed by atoms with Crippen LogP contribution >= 0.6 is 11.8 Å². The number of nitrogens with zero attached hydrogens (tertiary/aromatic N) is 4. The van der Waals surface area contributed by atoms with E-state index in [9.17, 15) is 5.26 Å². The Labute approximate surface area is 121 Å². The molecule has 0 radical (unpaired) electrons. The van der Waals surface area contributed by atoms with E-state index in [0.29, 0.717) is 16.2 Å². The minimum atomic E-state index is 0.540. The molecule has 0 fully saturated rings. The second-order valence-electron chi connectivity index (χ2n) is 4.38. The van der Waals surface area contributed by atoms with E-state index in [1.807, 2.05) is 49.6 Å². The number of hydrogen-bond acceptors (Lipinski definition) is 4. The van der Waals surface area contributed by atoms with Gasteiger partial charge in [-0.15, -0.1) is 11.8 Å². The Hall–Kier alpha value is -2.32. The van der Waals surface area contributed by atoms with Gasteiger partial charge in [0.2, 0.25) is 0 Å². The van der Waals surface area contributed by atoms with Crippen LogP contribution in [0, 0.1) is 18.3 Å². The molecule has 0 bridgehead atoms. The first-order valence-corrected chi connectivity index (χ1v) is 7.37. The van der Waals surface area contributed by atoms with Crippen molar-refractivity contribution in [2.75, 3.05) is 6.26 Å². The van der Waals surface area contributed by atoms with Gasteiger partial charge in [-0.2, -0.15) is 10.4 Å². The molecule has 3 rings (SSSR count). The molecule has 2 aromatic heterocycles. The number of hydrogen-bond donors (Lipinski definition) is 0. The van der Waals surface area contributed by atoms with Gasteiger partial charge in [0.25, 0.3) is 0 Å². The van der Waals surface area contributed by atoms with Gasteiger partial charge in [0, 0.05) is 11.3 Å². The molecule has 0 saturated heterocycles. The molecular formula is C15H12N4S. The minimum Gasteiger partial charge on any atom is -0.233 e. The predicted molar refractivity (Wildman–Crippen MR) is 79.7 cm³/mol. The third kappa shape index (κ3) is 1.95. The van der Waals surface area contributed by atoms with Crippen molar-refractivity contribution in [2.45, 2.75) is 11.9 Å². The molecule has 0 aliphatic rings. The van der Waals surface area contributed by atoms with E-state index in [1.165, 1.54) is 11.8 Å². The number of aryl methyl sites for hydroxylation is 1. The molecular weight excluding hydrogens is 268 g/mol. The van der Waals surface area contributed by atoms with Crippen molar-refractivity contribution in [3.8, 4) is 17.3 Å². The summed E-state index contributed by atoms with van der Waals surface area (Å²) in [7, 11) is 0. The first kappa shape index (κ1) is 12.7. The van der Waals surface area contributed by atoms with Crippen LogP contribution < -0.4 is 0 Å². The van der Waals surface area contributed by atoms with Crippen LogP contribution in [0.4, 0.5) is 0 Å². The molecule has 4 nitrogen and oxygen atoms in total. The van der Waals surface area contributed by atoms with Gasteiger partial charge in [-0.1, -0.05) is 30.3 Å². The third-order valence-corrected chi connectivity index (χ3v) is 3.73. The van der Waals surface area contributed by atoms with Crippen molar-refractivity contribution in [1.29, 1.82) is 5.26 Å². The van der Waals surface area contributed by atoms with E-state index in [0.717, 1.165) is 17.0 Å². The molecule has 2 heterocycles. The van der Waals surface area contributed by atoms with E-state index in [1.54, 1.807) is 4.52 Å². The van der Waals surface area contributed by atoms with Crippen LogP contribution in [0.3, 0.4) is 0 Å². The SMILES string of the molecule is CSc1nn2c(-c3ccccc3)cc(C)nc2c1C#N. The zero-order chi connectivity index (χ0) is 14.1. The van der Waals surface area contributed by atoms with Crippen molar-refractivity contribution >= 4 is 17.4 Å². The second-order valence-corrected chi connectivity index (χ2v) is 5.18. The van der Waals surface area contributed by atoms with Gasteiger partial charge in [-0.05, 0) is 19.2 Å². The zero-order valence-electron chi connectivity index (χ0n) is 11.2. The quantitative estimate of drug-likeness (QED) is 0.676. The summed E-state index contributed by atoms with van der Waals surface area (Å²) in [6, 6.07) is 14.2. The van der Waals surface area contributed by atoms with Crippen LogP contribution in [0.5, 0.6) is 0 Å². The summed E-state index contributed by atoms with van der Waals surface area (Å²) in [5.74, 6) is 0. The van der Waals surface area contributed by atoms with E-state index in [-0.39, 0.29) is 0 Å². The average Bonchev–Trinajstić information content (AvgIpc) is 2.84. The van der Waals surface area contributed by atoms with E-state index in [4.69, 9.17) is 0 Å². The van der Waals surface area contributed by atoms with Crippen LogP contribution in [0.25, 0.3) is 16.9 Å². The Balaban J connectivity index is 2.39. The number of fused-ring (bicyclic) bond motifs is 1. The number of rotatable bonds is 2. The van der Waals surface area contributed by atoms with Crippen LogP contribution in [0.2, 0.25) is 0 Å². The molecule has 0 unspecified atom stereocenters. The van der Waals surface area contributed by atoms with E-state index < -0.39 is 0 Å². The van der Waals surface area contributed by atoms with Gasteiger partial charge in [0.1, 0.15) is 16.7 Å². The standard InChI is InChI=1S/C15H12N4S/c1-10-8-13(11-6-4-3-5-7-11)19-14(17-10)12(9-16)15(18-19)20-2/h3-8H,1-2H3. The Morgan fingerprint density at radius 2 is 2.00 bits per heavy atom. The molecule has 0 aliphatic carbocycles. The fourth-order valence-electron chi connectivity index (χ4n) is 2.17. The molecule has 20 heavy (non-hydrogen) atoms. The van der Waals surface area contributed by atoms with Crippen molar-refractivity contribution in [2.24, 2.45) is 0 Å². The van der Waals surface area contributed by atoms with Crippen molar-refractivity contribution in [3.05, 3.63) is 47.7 Å². The number of aromatic nitrogens is 3. The number of thioether (sulfide) groups is 1. The van der Waals surface area contributed by atoms with Crippen LogP contribution in [-0.4, -0.2) is 20.9 Å². The lowest BCUT2D eigenvalue weighted by Gasteiger charge is -2.05.